The molecule has 0 amide bonds. The molecule has 0 spiro atoms. The predicted octanol–water partition coefficient (Wildman–Crippen LogP) is 0.874. The zero-order chi connectivity index (χ0) is 7.56. The average molecular weight is 162 g/mol. The van der Waals surface area contributed by atoms with Crippen molar-refractivity contribution < 1.29 is 4.52 Å². The molecule has 0 aromatic carbocycles. The lowest BCUT2D eigenvalue weighted by atomic mass is 10.7. The fourth-order valence-electron chi connectivity index (χ4n) is 0.481. The Kier molecular flexibility index (Phi) is 2.11. The van der Waals surface area contributed by atoms with E-state index >= 15 is 0 Å². The molecule has 0 aliphatic rings. The Bertz CT molecular complexity index is 210. The third-order valence-electron chi connectivity index (χ3n) is 0.959. The summed E-state index contributed by atoms with van der Waals surface area (Å²) in [5, 5.41) is 3.60. The first-order chi connectivity index (χ1) is 4.74. The van der Waals surface area contributed by atoms with Crippen molar-refractivity contribution in [3.8, 4) is 0 Å². The van der Waals surface area contributed by atoms with E-state index in [2.05, 4.69) is 10.1 Å². The lowest BCUT2D eigenvalue weighted by Gasteiger charge is -2.01. The van der Waals surface area contributed by atoms with Crippen LogP contribution in [0.2, 0.25) is 0 Å². The summed E-state index contributed by atoms with van der Waals surface area (Å²) >= 11 is 5.44. The van der Waals surface area contributed by atoms with Gasteiger partial charge in [-0.2, -0.15) is 4.98 Å². The number of alkyl halides is 1. The normalized spacial score (nSPS) is 9.90. The molecule has 1 aromatic rings. The van der Waals surface area contributed by atoms with Crippen molar-refractivity contribution in [3.63, 3.8) is 0 Å². The summed E-state index contributed by atoms with van der Waals surface area (Å²) in [4.78, 5) is 5.67. The van der Waals surface area contributed by atoms with Gasteiger partial charge in [-0.05, 0) is 0 Å². The second-order valence-electron chi connectivity index (χ2n) is 2.02. The van der Waals surface area contributed by atoms with Gasteiger partial charge in [-0.25, -0.2) is 0 Å². The van der Waals surface area contributed by atoms with Crippen LogP contribution < -0.4 is 4.90 Å². The molecule has 0 saturated heterocycles. The van der Waals surface area contributed by atoms with Gasteiger partial charge in [0.2, 0.25) is 0 Å². The topological polar surface area (TPSA) is 42.2 Å². The minimum atomic E-state index is 0.289. The highest BCUT2D eigenvalue weighted by Crippen LogP contribution is 2.07. The van der Waals surface area contributed by atoms with E-state index in [0.717, 1.165) is 0 Å². The Morgan fingerprint density at radius 2 is 2.30 bits per heavy atom. The van der Waals surface area contributed by atoms with E-state index in [0.29, 0.717) is 11.8 Å². The second kappa shape index (κ2) is 2.88. The zero-order valence-electron chi connectivity index (χ0n) is 5.83. The molecule has 5 heteroatoms. The van der Waals surface area contributed by atoms with Crippen molar-refractivity contribution in [2.24, 2.45) is 0 Å². The van der Waals surface area contributed by atoms with E-state index in [9.17, 15) is 0 Å². The minimum Gasteiger partial charge on any atom is -0.331 e. The van der Waals surface area contributed by atoms with Crippen LogP contribution in [-0.2, 0) is 5.88 Å². The van der Waals surface area contributed by atoms with Crippen LogP contribution >= 0.6 is 11.6 Å². The van der Waals surface area contributed by atoms with Crippen molar-refractivity contribution in [1.82, 2.24) is 10.1 Å². The first kappa shape index (κ1) is 7.34. The monoisotopic (exact) mass is 161 g/mol. The molecule has 0 bridgehead atoms. The third kappa shape index (κ3) is 1.39. The van der Waals surface area contributed by atoms with Gasteiger partial charge in [-0.1, -0.05) is 5.16 Å². The van der Waals surface area contributed by atoms with E-state index in [1.807, 2.05) is 14.1 Å². The molecule has 10 heavy (non-hydrogen) atoms. The maximum atomic E-state index is 5.44. The molecule has 1 aromatic heterocycles. The fraction of sp³-hybridized carbons (Fsp3) is 0.600. The molecule has 0 atom stereocenters. The summed E-state index contributed by atoms with van der Waals surface area (Å²) in [7, 11) is 3.65. The summed E-state index contributed by atoms with van der Waals surface area (Å²) < 4.78 is 4.80. The number of rotatable bonds is 2. The highest BCUT2D eigenvalue weighted by molar-refractivity contribution is 6.16. The smallest absolute Gasteiger partial charge is 0.323 e. The summed E-state index contributed by atoms with van der Waals surface area (Å²) in [6.45, 7) is 0. The van der Waals surface area contributed by atoms with Crippen LogP contribution in [0, 0.1) is 0 Å². The van der Waals surface area contributed by atoms with Crippen molar-refractivity contribution in [2.45, 2.75) is 5.88 Å². The maximum Gasteiger partial charge on any atom is 0.323 e. The molecule has 1 heterocycles. The molecule has 4 nitrogen and oxygen atoms in total. The van der Waals surface area contributed by atoms with Crippen LogP contribution in [0.25, 0.3) is 0 Å². The van der Waals surface area contributed by atoms with Gasteiger partial charge < -0.3 is 9.42 Å². The summed E-state index contributed by atoms with van der Waals surface area (Å²) in [5.41, 5.74) is 0. The molecular formula is C5H8ClN3O. The molecular weight excluding hydrogens is 154 g/mol. The summed E-state index contributed by atoms with van der Waals surface area (Å²) in [6.07, 6.45) is 0. The molecule has 56 valence electrons. The van der Waals surface area contributed by atoms with E-state index < -0.39 is 0 Å². The van der Waals surface area contributed by atoms with Gasteiger partial charge >= 0.3 is 6.01 Å². The van der Waals surface area contributed by atoms with Gasteiger partial charge in [-0.15, -0.1) is 11.6 Å². The fourth-order valence-corrected chi connectivity index (χ4v) is 0.589. The number of nitrogens with zero attached hydrogens (tertiary/aromatic N) is 3. The van der Waals surface area contributed by atoms with Gasteiger partial charge in [0, 0.05) is 14.1 Å². The maximum absolute atomic E-state index is 5.44. The Hall–Kier alpha value is -0.770. The van der Waals surface area contributed by atoms with Crippen LogP contribution in [0.4, 0.5) is 6.01 Å². The highest BCUT2D eigenvalue weighted by Gasteiger charge is 2.04. The highest BCUT2D eigenvalue weighted by atomic mass is 35.5. The molecule has 0 fully saturated rings. The quantitative estimate of drug-likeness (QED) is 0.604. The number of anilines is 1. The van der Waals surface area contributed by atoms with Gasteiger partial charge in [0.25, 0.3) is 0 Å². The molecule has 0 aliphatic carbocycles. The summed E-state index contributed by atoms with van der Waals surface area (Å²) in [6, 6.07) is 0.482. The van der Waals surface area contributed by atoms with Crippen molar-refractivity contribution >= 4 is 17.6 Å². The van der Waals surface area contributed by atoms with Gasteiger partial charge in [0.15, 0.2) is 5.82 Å². The number of hydrogen-bond donors (Lipinski definition) is 0. The van der Waals surface area contributed by atoms with Crippen molar-refractivity contribution in [1.29, 1.82) is 0 Å². The number of aromatic nitrogens is 2. The number of hydrogen-bond acceptors (Lipinski definition) is 4. The molecule has 0 radical (unpaired) electrons. The first-order valence-corrected chi connectivity index (χ1v) is 3.33. The van der Waals surface area contributed by atoms with Crippen LogP contribution in [0.15, 0.2) is 4.52 Å². The lowest BCUT2D eigenvalue weighted by molar-refractivity contribution is 0.416. The van der Waals surface area contributed by atoms with Gasteiger partial charge in [0.05, 0.1) is 5.88 Å². The van der Waals surface area contributed by atoms with Gasteiger partial charge in [0.1, 0.15) is 0 Å². The Morgan fingerprint density at radius 1 is 1.60 bits per heavy atom. The van der Waals surface area contributed by atoms with Crippen molar-refractivity contribution in [3.05, 3.63) is 5.82 Å². The van der Waals surface area contributed by atoms with Gasteiger partial charge in [-0.3, -0.25) is 0 Å². The number of halogens is 1. The molecule has 1 rings (SSSR count). The third-order valence-corrected chi connectivity index (χ3v) is 1.20. The van der Waals surface area contributed by atoms with E-state index in [1.54, 1.807) is 4.90 Å². The van der Waals surface area contributed by atoms with Crippen LogP contribution in [0.3, 0.4) is 0 Å². The lowest BCUT2D eigenvalue weighted by Crippen LogP contribution is -2.08. The van der Waals surface area contributed by atoms with E-state index in [4.69, 9.17) is 16.1 Å². The molecule has 0 unspecified atom stereocenters. The molecule has 0 N–H and O–H groups in total. The standard InChI is InChI=1S/C5H8ClN3O/c1-9(2)5-7-4(3-6)8-10-5/h3H2,1-2H3. The largest absolute Gasteiger partial charge is 0.331 e. The van der Waals surface area contributed by atoms with E-state index in [-0.39, 0.29) is 5.88 Å². The Morgan fingerprint density at radius 3 is 2.60 bits per heavy atom. The Labute approximate surface area is 63.8 Å². The van der Waals surface area contributed by atoms with Crippen LogP contribution in [0.1, 0.15) is 5.82 Å². The second-order valence-corrected chi connectivity index (χ2v) is 2.29. The first-order valence-electron chi connectivity index (χ1n) is 2.80. The average Bonchev–Trinajstić information content (AvgIpc) is 2.34. The van der Waals surface area contributed by atoms with Crippen molar-refractivity contribution in [2.75, 3.05) is 19.0 Å². The Balaban J connectivity index is 2.78. The molecule has 0 aliphatic heterocycles. The minimum absolute atomic E-state index is 0.289. The van der Waals surface area contributed by atoms with E-state index in [1.165, 1.54) is 0 Å². The van der Waals surface area contributed by atoms with Crippen LogP contribution in [0.5, 0.6) is 0 Å². The van der Waals surface area contributed by atoms with Crippen LogP contribution in [-0.4, -0.2) is 24.2 Å². The predicted molar refractivity (Wildman–Crippen MR) is 38.2 cm³/mol. The zero-order valence-corrected chi connectivity index (χ0v) is 6.59. The summed E-state index contributed by atoms with van der Waals surface area (Å²) in [5.74, 6) is 0.808. The molecule has 0 saturated carbocycles. The SMILES string of the molecule is CN(C)c1nc(CCl)no1.